The molecule has 1 unspecified atom stereocenters. The number of nitrogens with one attached hydrogen (secondary N) is 1. The zero-order valence-electron chi connectivity index (χ0n) is 14.1. The number of benzene rings is 1. The first-order chi connectivity index (χ1) is 13.0. The second kappa shape index (κ2) is 7.16. The number of thiazole rings is 1. The minimum Gasteiger partial charge on any atom is -0.343 e. The van der Waals surface area contributed by atoms with Crippen molar-refractivity contribution in [1.82, 2.24) is 25.1 Å². The predicted molar refractivity (Wildman–Crippen MR) is 105 cm³/mol. The third-order valence-corrected chi connectivity index (χ3v) is 5.76. The number of nitrogens with zero attached hydrogens (tertiary/aromatic N) is 4. The molecular weight excluding hydrogens is 433 g/mol. The lowest BCUT2D eigenvalue weighted by Gasteiger charge is -2.11. The van der Waals surface area contributed by atoms with E-state index in [4.69, 9.17) is 0 Å². The van der Waals surface area contributed by atoms with Crippen LogP contribution in [-0.4, -0.2) is 25.7 Å². The Bertz CT molecular complexity index is 1120. The zero-order chi connectivity index (χ0) is 19.0. The monoisotopic (exact) mass is 445 g/mol. The summed E-state index contributed by atoms with van der Waals surface area (Å²) in [5.41, 5.74) is 1.77. The molecule has 27 heavy (non-hydrogen) atoms. The SMILES string of the molecule is CC(NC(=O)c1cncc2c1cnn2-c1ccc(F)cc1)c1nc(Br)cs1. The molecule has 6 nitrogen and oxygen atoms in total. The summed E-state index contributed by atoms with van der Waals surface area (Å²) in [5, 5.41) is 10.6. The Balaban J connectivity index is 1.66. The normalized spacial score (nSPS) is 12.3. The molecule has 4 aromatic rings. The van der Waals surface area contributed by atoms with Gasteiger partial charge in [0.15, 0.2) is 0 Å². The number of amides is 1. The lowest BCUT2D eigenvalue weighted by atomic mass is 10.1. The van der Waals surface area contributed by atoms with Crippen LogP contribution < -0.4 is 5.32 Å². The summed E-state index contributed by atoms with van der Waals surface area (Å²) in [4.78, 5) is 21.3. The molecule has 1 amide bonds. The minimum absolute atomic E-state index is 0.240. The van der Waals surface area contributed by atoms with E-state index in [1.54, 1.807) is 29.2 Å². The average molecular weight is 446 g/mol. The van der Waals surface area contributed by atoms with Crippen molar-refractivity contribution in [3.63, 3.8) is 0 Å². The highest BCUT2D eigenvalue weighted by molar-refractivity contribution is 9.10. The highest BCUT2D eigenvalue weighted by Crippen LogP contribution is 2.24. The van der Waals surface area contributed by atoms with Gasteiger partial charge in [0, 0.05) is 17.0 Å². The fourth-order valence-electron chi connectivity index (χ4n) is 2.71. The standard InChI is InChI=1S/C18H13BrFN5OS/c1-10(18-24-16(19)9-27-18)23-17(26)14-6-21-8-15-13(14)7-22-25(15)12-4-2-11(20)3-5-12/h2-10H,1H3,(H,23,26). The summed E-state index contributed by atoms with van der Waals surface area (Å²) >= 11 is 4.78. The molecule has 3 aromatic heterocycles. The topological polar surface area (TPSA) is 72.7 Å². The average Bonchev–Trinajstić information content (AvgIpc) is 3.28. The molecule has 136 valence electrons. The van der Waals surface area contributed by atoms with Gasteiger partial charge in [-0.05, 0) is 47.1 Å². The molecule has 0 radical (unpaired) electrons. The Hall–Kier alpha value is -2.65. The van der Waals surface area contributed by atoms with Gasteiger partial charge in [-0.3, -0.25) is 9.78 Å². The number of hydrogen-bond donors (Lipinski definition) is 1. The van der Waals surface area contributed by atoms with E-state index in [2.05, 4.69) is 36.3 Å². The van der Waals surface area contributed by atoms with Crippen molar-refractivity contribution in [2.45, 2.75) is 13.0 Å². The first-order valence-corrected chi connectivity index (χ1v) is 9.69. The summed E-state index contributed by atoms with van der Waals surface area (Å²) in [5.74, 6) is -0.582. The fraction of sp³-hybridized carbons (Fsp3) is 0.111. The van der Waals surface area contributed by atoms with Crippen molar-refractivity contribution in [1.29, 1.82) is 0 Å². The summed E-state index contributed by atoms with van der Waals surface area (Å²) in [6.07, 6.45) is 4.75. The van der Waals surface area contributed by atoms with Crippen molar-refractivity contribution >= 4 is 44.1 Å². The molecule has 9 heteroatoms. The van der Waals surface area contributed by atoms with Crippen LogP contribution in [0, 0.1) is 5.82 Å². The van der Waals surface area contributed by atoms with Gasteiger partial charge in [0.05, 0.1) is 35.2 Å². The van der Waals surface area contributed by atoms with E-state index in [9.17, 15) is 9.18 Å². The largest absolute Gasteiger partial charge is 0.343 e. The molecule has 1 atom stereocenters. The van der Waals surface area contributed by atoms with E-state index < -0.39 is 0 Å². The third kappa shape index (κ3) is 3.47. The second-order valence-corrected chi connectivity index (χ2v) is 7.56. The molecule has 0 aliphatic heterocycles. The maximum Gasteiger partial charge on any atom is 0.254 e. The fourth-order valence-corrected chi connectivity index (χ4v) is 3.99. The Morgan fingerprint density at radius 3 is 2.74 bits per heavy atom. The zero-order valence-corrected chi connectivity index (χ0v) is 16.5. The van der Waals surface area contributed by atoms with E-state index in [-0.39, 0.29) is 17.8 Å². The van der Waals surface area contributed by atoms with Crippen molar-refractivity contribution < 1.29 is 9.18 Å². The van der Waals surface area contributed by atoms with Gasteiger partial charge >= 0.3 is 0 Å². The van der Waals surface area contributed by atoms with E-state index in [1.807, 2.05) is 12.3 Å². The molecule has 0 aliphatic carbocycles. The maximum atomic E-state index is 13.2. The van der Waals surface area contributed by atoms with Crippen LogP contribution in [0.2, 0.25) is 0 Å². The Morgan fingerprint density at radius 1 is 1.26 bits per heavy atom. The van der Waals surface area contributed by atoms with Gasteiger partial charge in [0.2, 0.25) is 0 Å². The Morgan fingerprint density at radius 2 is 2.04 bits per heavy atom. The molecule has 0 bridgehead atoms. The van der Waals surface area contributed by atoms with Gasteiger partial charge in [0.25, 0.3) is 5.91 Å². The molecule has 3 heterocycles. The molecule has 0 spiro atoms. The molecule has 0 aliphatic rings. The first kappa shape index (κ1) is 17.7. The van der Waals surface area contributed by atoms with E-state index >= 15 is 0 Å². The van der Waals surface area contributed by atoms with Crippen LogP contribution in [0.5, 0.6) is 0 Å². The summed E-state index contributed by atoms with van der Waals surface area (Å²) in [6.45, 7) is 1.87. The van der Waals surface area contributed by atoms with Crippen molar-refractivity contribution in [2.75, 3.05) is 0 Å². The van der Waals surface area contributed by atoms with Gasteiger partial charge in [0.1, 0.15) is 15.4 Å². The van der Waals surface area contributed by atoms with E-state index in [0.29, 0.717) is 22.2 Å². The molecule has 0 fully saturated rings. The third-order valence-electron chi connectivity index (χ3n) is 4.02. The lowest BCUT2D eigenvalue weighted by molar-refractivity contribution is 0.0941. The van der Waals surface area contributed by atoms with Crippen LogP contribution in [0.25, 0.3) is 16.6 Å². The predicted octanol–water partition coefficient (Wildman–Crippen LogP) is 4.27. The molecule has 1 aromatic carbocycles. The second-order valence-electron chi connectivity index (χ2n) is 5.86. The van der Waals surface area contributed by atoms with E-state index in [1.165, 1.54) is 29.7 Å². The summed E-state index contributed by atoms with van der Waals surface area (Å²) < 4.78 is 15.5. The molecule has 0 saturated heterocycles. The van der Waals surface area contributed by atoms with Crippen LogP contribution in [0.4, 0.5) is 4.39 Å². The smallest absolute Gasteiger partial charge is 0.254 e. The highest BCUT2D eigenvalue weighted by atomic mass is 79.9. The van der Waals surface area contributed by atoms with Crippen LogP contribution in [-0.2, 0) is 0 Å². The molecule has 0 saturated carbocycles. The first-order valence-electron chi connectivity index (χ1n) is 8.02. The van der Waals surface area contributed by atoms with Gasteiger partial charge in [-0.15, -0.1) is 11.3 Å². The maximum absolute atomic E-state index is 13.2. The van der Waals surface area contributed by atoms with Crippen molar-refractivity contribution in [3.8, 4) is 5.69 Å². The van der Waals surface area contributed by atoms with Crippen LogP contribution in [0.1, 0.15) is 28.3 Å². The molecule has 4 rings (SSSR count). The summed E-state index contributed by atoms with van der Waals surface area (Å²) in [7, 11) is 0. The number of pyridine rings is 1. The molecular formula is C18H13BrFN5OS. The van der Waals surface area contributed by atoms with Crippen molar-refractivity contribution in [3.05, 3.63) is 69.2 Å². The number of rotatable bonds is 4. The quantitative estimate of drug-likeness (QED) is 0.508. The highest BCUT2D eigenvalue weighted by Gasteiger charge is 2.18. The van der Waals surface area contributed by atoms with Gasteiger partial charge in [-0.25, -0.2) is 14.1 Å². The van der Waals surface area contributed by atoms with Crippen molar-refractivity contribution in [2.24, 2.45) is 0 Å². The summed E-state index contributed by atoms with van der Waals surface area (Å²) in [6, 6.07) is 5.73. The number of halogens is 2. The van der Waals surface area contributed by atoms with E-state index in [0.717, 1.165) is 9.61 Å². The number of carbonyl (C=O) groups is 1. The lowest BCUT2D eigenvalue weighted by Crippen LogP contribution is -2.26. The Kier molecular flexibility index (Phi) is 4.71. The number of carbonyl (C=O) groups excluding carboxylic acids is 1. The van der Waals surface area contributed by atoms with Gasteiger partial charge in [-0.1, -0.05) is 0 Å². The van der Waals surface area contributed by atoms with Gasteiger partial charge < -0.3 is 5.32 Å². The number of hydrogen-bond acceptors (Lipinski definition) is 5. The molecule has 1 N–H and O–H groups in total. The number of aromatic nitrogens is 4. The number of fused-ring (bicyclic) bond motifs is 1. The van der Waals surface area contributed by atoms with Crippen LogP contribution in [0.3, 0.4) is 0 Å². The minimum atomic E-state index is -0.323. The van der Waals surface area contributed by atoms with Gasteiger partial charge in [-0.2, -0.15) is 5.10 Å². The Labute approximate surface area is 166 Å². The van der Waals surface area contributed by atoms with Crippen LogP contribution >= 0.6 is 27.3 Å². The van der Waals surface area contributed by atoms with Crippen LogP contribution in [0.15, 0.2) is 52.8 Å².